The van der Waals surface area contributed by atoms with E-state index in [9.17, 15) is 4.79 Å². The smallest absolute Gasteiger partial charge is 0.143 e. The van der Waals surface area contributed by atoms with E-state index in [1.807, 2.05) is 48.1 Å². The Bertz CT molecular complexity index is 597. The van der Waals surface area contributed by atoms with Crippen molar-refractivity contribution in [1.29, 1.82) is 0 Å². The summed E-state index contributed by atoms with van der Waals surface area (Å²) in [7, 11) is 0. The Labute approximate surface area is 127 Å². The van der Waals surface area contributed by atoms with Crippen molar-refractivity contribution in [2.45, 2.75) is 52.5 Å². The van der Waals surface area contributed by atoms with Crippen LogP contribution in [-0.4, -0.2) is 15.6 Å². The highest BCUT2D eigenvalue weighted by atomic mass is 16.1. The van der Waals surface area contributed by atoms with Crippen molar-refractivity contribution in [2.75, 3.05) is 0 Å². The summed E-state index contributed by atoms with van der Waals surface area (Å²) in [4.78, 5) is 12.2. The Morgan fingerprint density at radius 1 is 1.14 bits per heavy atom. The first-order valence-electron chi connectivity index (χ1n) is 7.74. The van der Waals surface area contributed by atoms with Crippen LogP contribution in [-0.2, 0) is 17.6 Å². The van der Waals surface area contributed by atoms with Gasteiger partial charge in [0.05, 0.1) is 18.2 Å². The van der Waals surface area contributed by atoms with E-state index < -0.39 is 0 Å². The Balaban J connectivity index is 1.99. The highest BCUT2D eigenvalue weighted by Gasteiger charge is 2.11. The van der Waals surface area contributed by atoms with Gasteiger partial charge in [-0.25, -0.2) is 0 Å². The van der Waals surface area contributed by atoms with Gasteiger partial charge in [-0.2, -0.15) is 5.10 Å². The average molecular weight is 284 g/mol. The summed E-state index contributed by atoms with van der Waals surface area (Å²) in [6.07, 6.45) is 5.03. The molecule has 0 bridgehead atoms. The SMILES string of the molecule is CCC(CC)n1ccc(CC(=O)Cc2ccccc2C)n1. The Morgan fingerprint density at radius 3 is 2.52 bits per heavy atom. The molecule has 0 amide bonds. The molecular weight excluding hydrogens is 260 g/mol. The monoisotopic (exact) mass is 284 g/mol. The van der Waals surface area contributed by atoms with Gasteiger partial charge in [-0.15, -0.1) is 0 Å². The van der Waals surface area contributed by atoms with Crippen LogP contribution in [0.4, 0.5) is 0 Å². The predicted molar refractivity (Wildman–Crippen MR) is 85.4 cm³/mol. The minimum atomic E-state index is 0.221. The second kappa shape index (κ2) is 7.21. The number of nitrogens with zero attached hydrogens (tertiary/aromatic N) is 2. The highest BCUT2D eigenvalue weighted by Crippen LogP contribution is 2.15. The van der Waals surface area contributed by atoms with E-state index in [0.29, 0.717) is 18.9 Å². The van der Waals surface area contributed by atoms with Gasteiger partial charge in [0.25, 0.3) is 0 Å². The van der Waals surface area contributed by atoms with E-state index in [0.717, 1.165) is 24.1 Å². The van der Waals surface area contributed by atoms with Crippen molar-refractivity contribution in [3.05, 3.63) is 53.3 Å². The van der Waals surface area contributed by atoms with Gasteiger partial charge >= 0.3 is 0 Å². The Hall–Kier alpha value is -1.90. The standard InChI is InChI=1S/C18H24N2O/c1-4-17(5-2)20-11-10-16(19-20)13-18(21)12-15-9-7-6-8-14(15)3/h6-11,17H,4-5,12-13H2,1-3H3. The first kappa shape index (κ1) is 15.5. The van der Waals surface area contributed by atoms with E-state index in [1.54, 1.807) is 0 Å². The third-order valence-electron chi connectivity index (χ3n) is 4.01. The quantitative estimate of drug-likeness (QED) is 0.772. The molecule has 3 nitrogen and oxygen atoms in total. The molecule has 2 aromatic rings. The second-order valence-electron chi connectivity index (χ2n) is 5.58. The molecule has 0 fully saturated rings. The highest BCUT2D eigenvalue weighted by molar-refractivity contribution is 5.83. The van der Waals surface area contributed by atoms with E-state index in [2.05, 4.69) is 18.9 Å². The maximum atomic E-state index is 12.2. The van der Waals surface area contributed by atoms with Crippen molar-refractivity contribution < 1.29 is 4.79 Å². The molecule has 0 unspecified atom stereocenters. The normalized spacial score (nSPS) is 11.0. The molecule has 112 valence electrons. The first-order chi connectivity index (χ1) is 10.1. The third kappa shape index (κ3) is 4.03. The largest absolute Gasteiger partial charge is 0.299 e. The zero-order chi connectivity index (χ0) is 15.2. The van der Waals surface area contributed by atoms with Gasteiger partial charge < -0.3 is 0 Å². The molecule has 1 heterocycles. The van der Waals surface area contributed by atoms with Gasteiger partial charge in [-0.05, 0) is 37.0 Å². The van der Waals surface area contributed by atoms with Gasteiger partial charge in [0.1, 0.15) is 5.78 Å². The fraction of sp³-hybridized carbons (Fsp3) is 0.444. The summed E-state index contributed by atoms with van der Waals surface area (Å²) in [5.74, 6) is 0.221. The van der Waals surface area contributed by atoms with Crippen LogP contribution in [0.15, 0.2) is 36.5 Å². The van der Waals surface area contributed by atoms with Crippen molar-refractivity contribution in [3.63, 3.8) is 0 Å². The first-order valence-corrected chi connectivity index (χ1v) is 7.74. The van der Waals surface area contributed by atoms with Crippen LogP contribution in [0.1, 0.15) is 49.6 Å². The minimum Gasteiger partial charge on any atom is -0.299 e. The topological polar surface area (TPSA) is 34.9 Å². The summed E-state index contributed by atoms with van der Waals surface area (Å²) in [5.41, 5.74) is 3.16. The number of aromatic nitrogens is 2. The predicted octanol–water partition coefficient (Wildman–Crippen LogP) is 3.91. The minimum absolute atomic E-state index is 0.221. The summed E-state index contributed by atoms with van der Waals surface area (Å²) in [6.45, 7) is 6.38. The molecule has 0 radical (unpaired) electrons. The number of ketones is 1. The summed E-state index contributed by atoms with van der Waals surface area (Å²) < 4.78 is 2.00. The molecule has 2 rings (SSSR count). The lowest BCUT2D eigenvalue weighted by Crippen LogP contribution is -2.11. The van der Waals surface area contributed by atoms with Gasteiger partial charge in [-0.3, -0.25) is 9.48 Å². The van der Waals surface area contributed by atoms with Crippen molar-refractivity contribution in [1.82, 2.24) is 9.78 Å². The number of Topliss-reactive ketones (excluding diaryl/α,β-unsaturated/α-hetero) is 1. The van der Waals surface area contributed by atoms with Crippen molar-refractivity contribution in [2.24, 2.45) is 0 Å². The number of benzene rings is 1. The van der Waals surface area contributed by atoms with Crippen LogP contribution in [0.2, 0.25) is 0 Å². The summed E-state index contributed by atoms with van der Waals surface area (Å²) >= 11 is 0. The lowest BCUT2D eigenvalue weighted by Gasteiger charge is -2.12. The lowest BCUT2D eigenvalue weighted by atomic mass is 10.0. The number of carbonyl (C=O) groups excluding carboxylic acids is 1. The molecule has 0 aliphatic heterocycles. The number of carbonyl (C=O) groups is 1. The van der Waals surface area contributed by atoms with E-state index in [1.165, 1.54) is 5.56 Å². The number of aryl methyl sites for hydroxylation is 1. The van der Waals surface area contributed by atoms with Gasteiger partial charge in [0.2, 0.25) is 0 Å². The second-order valence-corrected chi connectivity index (χ2v) is 5.58. The molecular formula is C18H24N2O. The van der Waals surface area contributed by atoms with E-state index >= 15 is 0 Å². The van der Waals surface area contributed by atoms with Crippen molar-refractivity contribution in [3.8, 4) is 0 Å². The van der Waals surface area contributed by atoms with E-state index in [4.69, 9.17) is 0 Å². The Kier molecular flexibility index (Phi) is 5.32. The zero-order valence-corrected chi connectivity index (χ0v) is 13.2. The fourth-order valence-electron chi connectivity index (χ4n) is 2.62. The van der Waals surface area contributed by atoms with Gasteiger partial charge in [-0.1, -0.05) is 38.1 Å². The van der Waals surface area contributed by atoms with Crippen LogP contribution in [0.5, 0.6) is 0 Å². The molecule has 0 atom stereocenters. The van der Waals surface area contributed by atoms with Crippen LogP contribution >= 0.6 is 0 Å². The lowest BCUT2D eigenvalue weighted by molar-refractivity contribution is -0.117. The third-order valence-corrected chi connectivity index (χ3v) is 4.01. The molecule has 21 heavy (non-hydrogen) atoms. The van der Waals surface area contributed by atoms with Gasteiger partial charge in [0, 0.05) is 12.6 Å². The maximum Gasteiger partial charge on any atom is 0.143 e. The number of hydrogen-bond donors (Lipinski definition) is 0. The fourth-order valence-corrected chi connectivity index (χ4v) is 2.62. The molecule has 1 aromatic carbocycles. The van der Waals surface area contributed by atoms with Crippen LogP contribution in [0, 0.1) is 6.92 Å². The average Bonchev–Trinajstić information content (AvgIpc) is 2.91. The molecule has 3 heteroatoms. The van der Waals surface area contributed by atoms with E-state index in [-0.39, 0.29) is 5.78 Å². The number of hydrogen-bond acceptors (Lipinski definition) is 2. The number of rotatable bonds is 7. The van der Waals surface area contributed by atoms with Gasteiger partial charge in [0.15, 0.2) is 0 Å². The molecule has 0 aliphatic rings. The molecule has 0 saturated heterocycles. The van der Waals surface area contributed by atoms with Crippen LogP contribution < -0.4 is 0 Å². The zero-order valence-electron chi connectivity index (χ0n) is 13.2. The molecule has 0 N–H and O–H groups in total. The molecule has 0 aliphatic carbocycles. The molecule has 0 saturated carbocycles. The molecule has 1 aromatic heterocycles. The van der Waals surface area contributed by atoms with Crippen LogP contribution in [0.3, 0.4) is 0 Å². The van der Waals surface area contributed by atoms with Crippen molar-refractivity contribution >= 4 is 5.78 Å². The molecule has 0 spiro atoms. The summed E-state index contributed by atoms with van der Waals surface area (Å²) in [5, 5.41) is 4.55. The summed E-state index contributed by atoms with van der Waals surface area (Å²) in [6, 6.07) is 10.5. The maximum absolute atomic E-state index is 12.2. The Morgan fingerprint density at radius 2 is 1.86 bits per heavy atom. The van der Waals surface area contributed by atoms with Crippen LogP contribution in [0.25, 0.3) is 0 Å².